The lowest BCUT2D eigenvalue weighted by Gasteiger charge is -2.03. The zero-order valence-electron chi connectivity index (χ0n) is 9.28. The van der Waals surface area contributed by atoms with Gasteiger partial charge in [0.05, 0.1) is 9.40 Å². The number of benzene rings is 1. The minimum absolute atomic E-state index is 0.0594. The molecule has 9 heteroatoms. The molecule has 0 aliphatic heterocycles. The monoisotopic (exact) mass is 329 g/mol. The molecule has 7 nitrogen and oxygen atoms in total. The van der Waals surface area contributed by atoms with Crippen molar-refractivity contribution in [2.24, 2.45) is 7.05 Å². The third kappa shape index (κ3) is 2.67. The van der Waals surface area contributed by atoms with Crippen LogP contribution in [-0.4, -0.2) is 25.1 Å². The fourth-order valence-electron chi connectivity index (χ4n) is 1.30. The van der Waals surface area contributed by atoms with Gasteiger partial charge in [-0.1, -0.05) is 23.9 Å². The molecule has 0 saturated carbocycles. The highest BCUT2D eigenvalue weighted by atomic mass is 79.9. The topological polar surface area (TPSA) is 86.7 Å². The van der Waals surface area contributed by atoms with Crippen LogP contribution >= 0.6 is 27.7 Å². The van der Waals surface area contributed by atoms with Crippen molar-refractivity contribution in [3.8, 4) is 0 Å². The van der Waals surface area contributed by atoms with Crippen LogP contribution in [-0.2, 0) is 12.8 Å². The summed E-state index contributed by atoms with van der Waals surface area (Å²) in [4.78, 5) is 10.4. The summed E-state index contributed by atoms with van der Waals surface area (Å²) in [7, 11) is 1.74. The van der Waals surface area contributed by atoms with Gasteiger partial charge in [0, 0.05) is 18.9 Å². The average Bonchev–Trinajstić information content (AvgIpc) is 2.73. The van der Waals surface area contributed by atoms with Crippen LogP contribution in [0.2, 0.25) is 0 Å². The molecule has 2 aromatic rings. The number of hydrogen-bond donors (Lipinski definition) is 0. The van der Waals surface area contributed by atoms with Crippen LogP contribution in [0.1, 0.15) is 5.56 Å². The first-order chi connectivity index (χ1) is 8.59. The Hall–Kier alpha value is -1.48. The summed E-state index contributed by atoms with van der Waals surface area (Å²) < 4.78 is 2.05. The van der Waals surface area contributed by atoms with Crippen LogP contribution < -0.4 is 0 Å². The molecular weight excluding hydrogens is 322 g/mol. The van der Waals surface area contributed by atoms with Crippen molar-refractivity contribution in [2.45, 2.75) is 10.9 Å². The van der Waals surface area contributed by atoms with Crippen LogP contribution in [0.3, 0.4) is 0 Å². The Bertz CT molecular complexity index is 588. The SMILES string of the molecule is Cn1nnnc1SCc1cccc([N+](=O)[O-])c1Br. The van der Waals surface area contributed by atoms with E-state index in [-0.39, 0.29) is 5.69 Å². The first-order valence-electron chi connectivity index (χ1n) is 4.86. The Balaban J connectivity index is 2.17. The van der Waals surface area contributed by atoms with E-state index in [4.69, 9.17) is 0 Å². The highest BCUT2D eigenvalue weighted by Gasteiger charge is 2.15. The van der Waals surface area contributed by atoms with Crippen LogP contribution in [0.25, 0.3) is 0 Å². The Morgan fingerprint density at radius 3 is 2.94 bits per heavy atom. The molecule has 1 aromatic carbocycles. The molecule has 94 valence electrons. The van der Waals surface area contributed by atoms with E-state index in [2.05, 4.69) is 31.5 Å². The second-order valence-corrected chi connectivity index (χ2v) is 5.12. The maximum Gasteiger partial charge on any atom is 0.283 e. The number of rotatable bonds is 4. The molecule has 1 aromatic heterocycles. The molecule has 1 heterocycles. The summed E-state index contributed by atoms with van der Waals surface area (Å²) in [6.45, 7) is 0. The number of thioether (sulfide) groups is 1. The van der Waals surface area contributed by atoms with E-state index >= 15 is 0 Å². The molecule has 18 heavy (non-hydrogen) atoms. The molecule has 0 unspecified atom stereocenters. The van der Waals surface area contributed by atoms with Gasteiger partial charge >= 0.3 is 0 Å². The van der Waals surface area contributed by atoms with Gasteiger partial charge in [0.2, 0.25) is 5.16 Å². The van der Waals surface area contributed by atoms with Crippen molar-refractivity contribution in [2.75, 3.05) is 0 Å². The summed E-state index contributed by atoms with van der Waals surface area (Å²) in [6.07, 6.45) is 0. The fourth-order valence-corrected chi connectivity index (χ4v) is 2.88. The summed E-state index contributed by atoms with van der Waals surface area (Å²) in [6, 6.07) is 4.95. The van der Waals surface area contributed by atoms with Crippen molar-refractivity contribution in [3.05, 3.63) is 38.3 Å². The van der Waals surface area contributed by atoms with E-state index in [1.54, 1.807) is 17.8 Å². The fraction of sp³-hybridized carbons (Fsp3) is 0.222. The number of nitro groups is 1. The van der Waals surface area contributed by atoms with Crippen molar-refractivity contribution >= 4 is 33.4 Å². The molecule has 0 saturated heterocycles. The summed E-state index contributed by atoms with van der Waals surface area (Å²) in [5.74, 6) is 0.552. The Morgan fingerprint density at radius 1 is 1.56 bits per heavy atom. The molecule has 2 rings (SSSR count). The van der Waals surface area contributed by atoms with Gasteiger partial charge in [0.25, 0.3) is 5.69 Å². The number of halogens is 1. The quantitative estimate of drug-likeness (QED) is 0.485. The minimum atomic E-state index is -0.415. The molecule has 0 radical (unpaired) electrons. The van der Waals surface area contributed by atoms with Gasteiger partial charge in [0.1, 0.15) is 0 Å². The molecule has 0 fully saturated rings. The predicted octanol–water partition coefficient (Wildman–Crippen LogP) is 2.17. The van der Waals surface area contributed by atoms with Crippen molar-refractivity contribution in [1.29, 1.82) is 0 Å². The summed E-state index contributed by atoms with van der Waals surface area (Å²) in [5, 5.41) is 22.5. The van der Waals surface area contributed by atoms with Crippen molar-refractivity contribution < 1.29 is 4.92 Å². The molecule has 0 N–H and O–H groups in total. The van der Waals surface area contributed by atoms with Crippen molar-refractivity contribution in [1.82, 2.24) is 20.2 Å². The normalized spacial score (nSPS) is 10.6. The lowest BCUT2D eigenvalue weighted by Crippen LogP contribution is -1.95. The number of tetrazole rings is 1. The lowest BCUT2D eigenvalue weighted by atomic mass is 10.2. The van der Waals surface area contributed by atoms with Gasteiger partial charge in [-0.3, -0.25) is 10.1 Å². The van der Waals surface area contributed by atoms with Gasteiger partial charge in [-0.15, -0.1) is 5.10 Å². The standard InChI is InChI=1S/C9H8BrN5O2S/c1-14-9(11-12-13-14)18-5-6-3-2-4-7(8(6)10)15(16)17/h2-4H,5H2,1H3. The number of nitrogens with zero attached hydrogens (tertiary/aromatic N) is 5. The summed E-state index contributed by atoms with van der Waals surface area (Å²) in [5.41, 5.74) is 0.890. The smallest absolute Gasteiger partial charge is 0.258 e. The van der Waals surface area contributed by atoms with E-state index < -0.39 is 4.92 Å². The highest BCUT2D eigenvalue weighted by molar-refractivity contribution is 9.10. The zero-order valence-corrected chi connectivity index (χ0v) is 11.7. The molecule has 0 atom stereocenters. The second kappa shape index (κ2) is 5.44. The summed E-state index contributed by atoms with van der Waals surface area (Å²) >= 11 is 4.67. The molecule has 0 bridgehead atoms. The number of hydrogen-bond acceptors (Lipinski definition) is 6. The van der Waals surface area contributed by atoms with E-state index in [0.29, 0.717) is 15.4 Å². The molecule has 0 amide bonds. The van der Waals surface area contributed by atoms with Gasteiger partial charge in [-0.2, -0.15) is 0 Å². The number of aromatic nitrogens is 4. The third-order valence-corrected chi connectivity index (χ3v) is 4.17. The minimum Gasteiger partial charge on any atom is -0.258 e. The molecule has 0 aliphatic carbocycles. The van der Waals surface area contributed by atoms with Gasteiger partial charge < -0.3 is 0 Å². The Labute approximate surface area is 115 Å². The van der Waals surface area contributed by atoms with E-state index in [1.807, 2.05) is 6.07 Å². The highest BCUT2D eigenvalue weighted by Crippen LogP contribution is 2.31. The van der Waals surface area contributed by atoms with E-state index in [1.165, 1.54) is 17.8 Å². The van der Waals surface area contributed by atoms with Gasteiger partial charge in [-0.25, -0.2) is 4.68 Å². The maximum atomic E-state index is 10.8. The Kier molecular flexibility index (Phi) is 3.92. The average molecular weight is 330 g/mol. The maximum absolute atomic E-state index is 10.8. The third-order valence-electron chi connectivity index (χ3n) is 2.19. The lowest BCUT2D eigenvalue weighted by molar-refractivity contribution is -0.385. The molecule has 0 aliphatic rings. The first kappa shape index (κ1) is 13.0. The molecular formula is C9H8BrN5O2S. The van der Waals surface area contributed by atoms with E-state index in [0.717, 1.165) is 5.56 Å². The van der Waals surface area contributed by atoms with Crippen LogP contribution in [0.5, 0.6) is 0 Å². The largest absolute Gasteiger partial charge is 0.283 e. The van der Waals surface area contributed by atoms with Gasteiger partial charge in [0.15, 0.2) is 0 Å². The van der Waals surface area contributed by atoms with Crippen LogP contribution in [0.4, 0.5) is 5.69 Å². The first-order valence-corrected chi connectivity index (χ1v) is 6.64. The number of nitro benzene ring substituents is 1. The van der Waals surface area contributed by atoms with Crippen molar-refractivity contribution in [3.63, 3.8) is 0 Å². The van der Waals surface area contributed by atoms with Crippen LogP contribution in [0, 0.1) is 10.1 Å². The van der Waals surface area contributed by atoms with Crippen LogP contribution in [0.15, 0.2) is 27.8 Å². The zero-order chi connectivity index (χ0) is 13.1. The van der Waals surface area contributed by atoms with E-state index in [9.17, 15) is 10.1 Å². The number of aryl methyl sites for hydroxylation is 1. The molecule has 0 spiro atoms. The Morgan fingerprint density at radius 2 is 2.33 bits per heavy atom. The predicted molar refractivity (Wildman–Crippen MR) is 69.2 cm³/mol. The van der Waals surface area contributed by atoms with Gasteiger partial charge in [-0.05, 0) is 31.9 Å². The second-order valence-electron chi connectivity index (χ2n) is 3.38.